The van der Waals surface area contributed by atoms with Gasteiger partial charge in [0.05, 0.1) is 25.0 Å². The number of aryl methyl sites for hydroxylation is 1. The predicted molar refractivity (Wildman–Crippen MR) is 117 cm³/mol. The van der Waals surface area contributed by atoms with Crippen LogP contribution >= 0.6 is 23.4 Å². The molecular weight excluding hydrogens is 392 g/mol. The van der Waals surface area contributed by atoms with Crippen molar-refractivity contribution < 1.29 is 9.53 Å². The minimum Gasteiger partial charge on any atom is -0.379 e. The number of amides is 1. The summed E-state index contributed by atoms with van der Waals surface area (Å²) in [6.07, 6.45) is 0. The van der Waals surface area contributed by atoms with Gasteiger partial charge in [-0.2, -0.15) is 0 Å². The Morgan fingerprint density at radius 2 is 1.82 bits per heavy atom. The van der Waals surface area contributed by atoms with E-state index in [4.69, 9.17) is 16.3 Å². The number of carbonyl (C=O) groups excluding carboxylic acids is 1. The number of hydrogen-bond acceptors (Lipinski definition) is 4. The average Bonchev–Trinajstić information content (AvgIpc) is 2.72. The number of rotatable bonds is 8. The van der Waals surface area contributed by atoms with Gasteiger partial charge in [0.2, 0.25) is 5.91 Å². The van der Waals surface area contributed by atoms with E-state index >= 15 is 0 Å². The molecule has 0 saturated carbocycles. The Labute approximate surface area is 176 Å². The highest BCUT2D eigenvalue weighted by atomic mass is 35.5. The first-order valence-electron chi connectivity index (χ1n) is 9.59. The molecule has 4 nitrogen and oxygen atoms in total. The van der Waals surface area contributed by atoms with E-state index in [0.717, 1.165) is 37.1 Å². The molecule has 0 aliphatic carbocycles. The van der Waals surface area contributed by atoms with Gasteiger partial charge in [0.1, 0.15) is 0 Å². The van der Waals surface area contributed by atoms with Gasteiger partial charge in [0.25, 0.3) is 0 Å². The second-order valence-electron chi connectivity index (χ2n) is 7.00. The van der Waals surface area contributed by atoms with Crippen LogP contribution in [-0.2, 0) is 15.3 Å². The first kappa shape index (κ1) is 21.2. The number of ether oxygens (including phenoxy) is 1. The van der Waals surface area contributed by atoms with Crippen molar-refractivity contribution in [1.82, 2.24) is 10.2 Å². The van der Waals surface area contributed by atoms with E-state index in [1.54, 1.807) is 11.8 Å². The van der Waals surface area contributed by atoms with Crippen LogP contribution in [0.2, 0.25) is 5.02 Å². The van der Waals surface area contributed by atoms with Crippen molar-refractivity contribution in [3.8, 4) is 0 Å². The van der Waals surface area contributed by atoms with E-state index < -0.39 is 0 Å². The highest BCUT2D eigenvalue weighted by molar-refractivity contribution is 7.99. The molecule has 1 saturated heterocycles. The lowest BCUT2D eigenvalue weighted by molar-refractivity contribution is -0.118. The van der Waals surface area contributed by atoms with E-state index in [1.165, 1.54) is 16.7 Å². The minimum atomic E-state index is 0.0735. The van der Waals surface area contributed by atoms with Gasteiger partial charge in [-0.25, -0.2) is 0 Å². The van der Waals surface area contributed by atoms with Crippen molar-refractivity contribution in [1.29, 1.82) is 0 Å². The maximum atomic E-state index is 12.4. The molecule has 0 spiro atoms. The van der Waals surface area contributed by atoms with Gasteiger partial charge in [-0.1, -0.05) is 53.6 Å². The quantitative estimate of drug-likeness (QED) is 0.701. The fraction of sp³-hybridized carbons (Fsp3) is 0.409. The van der Waals surface area contributed by atoms with Crippen molar-refractivity contribution in [2.24, 2.45) is 0 Å². The summed E-state index contributed by atoms with van der Waals surface area (Å²) < 4.78 is 5.49. The standard InChI is InChI=1S/C22H27ClN2O2S/c1-17-2-6-19(7-3-17)21(25-10-12-27-13-11-25)14-24-22(26)16-28-15-18-4-8-20(23)9-5-18/h2-9,21H,10-16H2,1H3,(H,24,26). The van der Waals surface area contributed by atoms with Gasteiger partial charge in [-0.05, 0) is 30.2 Å². The van der Waals surface area contributed by atoms with Crippen LogP contribution in [0.4, 0.5) is 0 Å². The molecule has 2 aromatic carbocycles. The molecule has 1 N–H and O–H groups in total. The molecule has 1 heterocycles. The molecule has 1 unspecified atom stereocenters. The van der Waals surface area contributed by atoms with Gasteiger partial charge in [-0.15, -0.1) is 11.8 Å². The SMILES string of the molecule is Cc1ccc(C(CNC(=O)CSCc2ccc(Cl)cc2)N2CCOCC2)cc1. The Hall–Kier alpha value is -1.53. The normalized spacial score (nSPS) is 15.9. The minimum absolute atomic E-state index is 0.0735. The maximum absolute atomic E-state index is 12.4. The third-order valence-electron chi connectivity index (χ3n) is 4.86. The van der Waals surface area contributed by atoms with E-state index in [2.05, 4.69) is 41.4 Å². The summed E-state index contributed by atoms with van der Waals surface area (Å²) in [5.74, 6) is 1.33. The molecule has 1 aliphatic heterocycles. The first-order chi connectivity index (χ1) is 13.6. The summed E-state index contributed by atoms with van der Waals surface area (Å²) in [5, 5.41) is 3.86. The van der Waals surface area contributed by atoms with Crippen LogP contribution in [-0.4, -0.2) is 49.4 Å². The van der Waals surface area contributed by atoms with E-state index in [1.807, 2.05) is 24.3 Å². The van der Waals surface area contributed by atoms with Crippen LogP contribution in [0.25, 0.3) is 0 Å². The fourth-order valence-electron chi connectivity index (χ4n) is 3.24. The second kappa shape index (κ2) is 10.9. The molecule has 1 fully saturated rings. The summed E-state index contributed by atoms with van der Waals surface area (Å²) in [6.45, 7) is 5.97. The number of halogens is 1. The molecular formula is C22H27ClN2O2S. The lowest BCUT2D eigenvalue weighted by atomic mass is 10.0. The van der Waals surface area contributed by atoms with Crippen LogP contribution < -0.4 is 5.32 Å². The van der Waals surface area contributed by atoms with E-state index in [0.29, 0.717) is 12.3 Å². The summed E-state index contributed by atoms with van der Waals surface area (Å²) in [5.41, 5.74) is 3.65. The zero-order valence-corrected chi connectivity index (χ0v) is 17.8. The highest BCUT2D eigenvalue weighted by Gasteiger charge is 2.23. The molecule has 150 valence electrons. The fourth-order valence-corrected chi connectivity index (χ4v) is 4.18. The summed E-state index contributed by atoms with van der Waals surface area (Å²) in [6, 6.07) is 16.5. The van der Waals surface area contributed by atoms with Crippen LogP contribution in [0.5, 0.6) is 0 Å². The number of hydrogen-bond donors (Lipinski definition) is 1. The second-order valence-corrected chi connectivity index (χ2v) is 8.42. The molecule has 1 amide bonds. The van der Waals surface area contributed by atoms with Gasteiger partial charge < -0.3 is 10.1 Å². The van der Waals surface area contributed by atoms with Gasteiger partial charge in [-0.3, -0.25) is 9.69 Å². The molecule has 3 rings (SSSR count). The van der Waals surface area contributed by atoms with E-state index in [9.17, 15) is 4.79 Å². The third kappa shape index (κ3) is 6.52. The topological polar surface area (TPSA) is 41.6 Å². The first-order valence-corrected chi connectivity index (χ1v) is 11.1. The van der Waals surface area contributed by atoms with Crippen molar-refractivity contribution in [2.75, 3.05) is 38.6 Å². The summed E-state index contributed by atoms with van der Waals surface area (Å²) >= 11 is 7.52. The van der Waals surface area contributed by atoms with Crippen molar-refractivity contribution >= 4 is 29.3 Å². The summed E-state index contributed by atoms with van der Waals surface area (Å²) in [4.78, 5) is 14.8. The molecule has 0 radical (unpaired) electrons. The zero-order valence-electron chi connectivity index (χ0n) is 16.2. The number of carbonyl (C=O) groups is 1. The van der Waals surface area contributed by atoms with Crippen LogP contribution in [0.1, 0.15) is 22.7 Å². The van der Waals surface area contributed by atoms with Gasteiger partial charge in [0, 0.05) is 30.4 Å². The highest BCUT2D eigenvalue weighted by Crippen LogP contribution is 2.22. The van der Waals surface area contributed by atoms with Crippen LogP contribution in [0.15, 0.2) is 48.5 Å². The Bertz CT molecular complexity index is 746. The molecule has 6 heteroatoms. The number of benzene rings is 2. The van der Waals surface area contributed by atoms with Crippen molar-refractivity contribution in [3.63, 3.8) is 0 Å². The number of thioether (sulfide) groups is 1. The predicted octanol–water partition coefficient (Wildman–Crippen LogP) is 4.07. The third-order valence-corrected chi connectivity index (χ3v) is 6.11. The Kier molecular flexibility index (Phi) is 8.22. The molecule has 1 atom stereocenters. The van der Waals surface area contributed by atoms with Crippen molar-refractivity contribution in [3.05, 3.63) is 70.2 Å². The molecule has 2 aromatic rings. The van der Waals surface area contributed by atoms with Gasteiger partial charge >= 0.3 is 0 Å². The van der Waals surface area contributed by atoms with Crippen molar-refractivity contribution in [2.45, 2.75) is 18.7 Å². The Balaban J connectivity index is 1.51. The average molecular weight is 419 g/mol. The molecule has 0 aromatic heterocycles. The number of nitrogens with zero attached hydrogens (tertiary/aromatic N) is 1. The maximum Gasteiger partial charge on any atom is 0.230 e. The molecule has 0 bridgehead atoms. The lowest BCUT2D eigenvalue weighted by Crippen LogP contribution is -2.44. The zero-order chi connectivity index (χ0) is 19.8. The molecule has 1 aliphatic rings. The number of morpholine rings is 1. The van der Waals surface area contributed by atoms with E-state index in [-0.39, 0.29) is 11.9 Å². The smallest absolute Gasteiger partial charge is 0.230 e. The number of nitrogens with one attached hydrogen (secondary N) is 1. The van der Waals surface area contributed by atoms with Gasteiger partial charge in [0.15, 0.2) is 0 Å². The lowest BCUT2D eigenvalue weighted by Gasteiger charge is -2.35. The molecule has 28 heavy (non-hydrogen) atoms. The largest absolute Gasteiger partial charge is 0.379 e. The Morgan fingerprint density at radius 3 is 2.50 bits per heavy atom. The van der Waals surface area contributed by atoms with Crippen LogP contribution in [0, 0.1) is 6.92 Å². The summed E-state index contributed by atoms with van der Waals surface area (Å²) in [7, 11) is 0. The van der Waals surface area contributed by atoms with Crippen LogP contribution in [0.3, 0.4) is 0 Å². The monoisotopic (exact) mass is 418 g/mol. The Morgan fingerprint density at radius 1 is 1.14 bits per heavy atom.